The number of hydrogen-bond donors (Lipinski definition) is 1. The van der Waals surface area contributed by atoms with Crippen LogP contribution in [0, 0.1) is 0 Å². The van der Waals surface area contributed by atoms with Gasteiger partial charge < -0.3 is 5.32 Å². The molecule has 2 rings (SSSR count). The van der Waals surface area contributed by atoms with Crippen LogP contribution in [-0.4, -0.2) is 30.6 Å². The Labute approximate surface area is 107 Å². The number of nitrogens with zero attached hydrogens (tertiary/aromatic N) is 1. The molecule has 0 saturated carbocycles. The van der Waals surface area contributed by atoms with Gasteiger partial charge in [-0.2, -0.15) is 0 Å². The van der Waals surface area contributed by atoms with Crippen LogP contribution in [0.1, 0.15) is 31.9 Å². The van der Waals surface area contributed by atoms with Gasteiger partial charge in [0.25, 0.3) is 0 Å². The maximum Gasteiger partial charge on any atom is 0.0931 e. The molecule has 2 heterocycles. The van der Waals surface area contributed by atoms with Gasteiger partial charge in [-0.3, -0.25) is 4.90 Å². The summed E-state index contributed by atoms with van der Waals surface area (Å²) < 4.78 is 0.891. The molecule has 2 nitrogen and oxygen atoms in total. The van der Waals surface area contributed by atoms with E-state index in [1.54, 1.807) is 11.3 Å². The Balaban J connectivity index is 2.08. The van der Waals surface area contributed by atoms with E-state index in [-0.39, 0.29) is 0 Å². The zero-order chi connectivity index (χ0) is 11.5. The predicted molar refractivity (Wildman–Crippen MR) is 71.4 cm³/mol. The molecular weight excluding hydrogens is 240 g/mol. The smallest absolute Gasteiger partial charge is 0.0931 e. The highest BCUT2D eigenvalue weighted by Gasteiger charge is 2.26. The van der Waals surface area contributed by atoms with E-state index in [4.69, 9.17) is 11.6 Å². The van der Waals surface area contributed by atoms with Crippen LogP contribution in [0.3, 0.4) is 0 Å². The second-order valence-corrected chi connectivity index (χ2v) is 5.88. The third-order valence-corrected chi connectivity index (χ3v) is 4.55. The molecule has 2 atom stereocenters. The van der Waals surface area contributed by atoms with E-state index in [0.29, 0.717) is 12.1 Å². The second kappa shape index (κ2) is 5.50. The first-order valence-corrected chi connectivity index (χ1v) is 7.18. The van der Waals surface area contributed by atoms with Gasteiger partial charge in [-0.1, -0.05) is 18.5 Å². The van der Waals surface area contributed by atoms with Crippen molar-refractivity contribution in [3.8, 4) is 0 Å². The third-order valence-electron chi connectivity index (χ3n) is 3.44. The summed E-state index contributed by atoms with van der Waals surface area (Å²) in [5.41, 5.74) is 1.35. The normalized spacial score (nSPS) is 22.9. The molecule has 1 aromatic heterocycles. The zero-order valence-corrected chi connectivity index (χ0v) is 11.4. The summed E-state index contributed by atoms with van der Waals surface area (Å²) >= 11 is 7.63. The van der Waals surface area contributed by atoms with E-state index >= 15 is 0 Å². The SMILES string of the molecule is CCN(C1CCNC1)C(C)c1csc(Cl)c1. The Kier molecular flexibility index (Phi) is 4.25. The number of nitrogens with one attached hydrogen (secondary N) is 1. The van der Waals surface area contributed by atoms with Gasteiger partial charge >= 0.3 is 0 Å². The largest absolute Gasteiger partial charge is 0.315 e. The van der Waals surface area contributed by atoms with Gasteiger partial charge in [-0.25, -0.2) is 0 Å². The summed E-state index contributed by atoms with van der Waals surface area (Å²) in [7, 11) is 0. The van der Waals surface area contributed by atoms with Gasteiger partial charge in [0.1, 0.15) is 0 Å². The summed E-state index contributed by atoms with van der Waals surface area (Å²) in [6.45, 7) is 7.89. The molecule has 2 unspecified atom stereocenters. The molecule has 4 heteroatoms. The van der Waals surface area contributed by atoms with Crippen molar-refractivity contribution in [2.24, 2.45) is 0 Å². The number of hydrogen-bond acceptors (Lipinski definition) is 3. The highest BCUT2D eigenvalue weighted by atomic mass is 35.5. The van der Waals surface area contributed by atoms with E-state index in [1.165, 1.54) is 12.0 Å². The lowest BCUT2D eigenvalue weighted by Crippen LogP contribution is -2.38. The second-order valence-electron chi connectivity index (χ2n) is 4.34. The highest BCUT2D eigenvalue weighted by molar-refractivity contribution is 7.14. The van der Waals surface area contributed by atoms with Gasteiger partial charge in [-0.15, -0.1) is 11.3 Å². The lowest BCUT2D eigenvalue weighted by Gasteiger charge is -2.32. The molecule has 16 heavy (non-hydrogen) atoms. The summed E-state index contributed by atoms with van der Waals surface area (Å²) in [6.07, 6.45) is 1.26. The lowest BCUT2D eigenvalue weighted by molar-refractivity contribution is 0.163. The van der Waals surface area contributed by atoms with Crippen molar-refractivity contribution in [1.29, 1.82) is 0 Å². The Hall–Kier alpha value is -0.0900. The van der Waals surface area contributed by atoms with Gasteiger partial charge in [0.05, 0.1) is 4.34 Å². The standard InChI is InChI=1S/C12H19ClN2S/c1-3-15(11-4-5-14-7-11)9(2)10-6-12(13)16-8-10/h6,8-9,11,14H,3-5,7H2,1-2H3. The molecule has 1 saturated heterocycles. The Bertz CT molecular complexity index is 334. The van der Waals surface area contributed by atoms with Crippen LogP contribution < -0.4 is 5.32 Å². The van der Waals surface area contributed by atoms with Crippen LogP contribution in [0.25, 0.3) is 0 Å². The summed E-state index contributed by atoms with van der Waals surface area (Å²) in [4.78, 5) is 2.57. The lowest BCUT2D eigenvalue weighted by atomic mass is 10.1. The molecule has 0 aromatic carbocycles. The van der Waals surface area contributed by atoms with Crippen LogP contribution in [0.15, 0.2) is 11.4 Å². The molecule has 0 amide bonds. The maximum absolute atomic E-state index is 6.00. The van der Waals surface area contributed by atoms with Crippen molar-refractivity contribution >= 4 is 22.9 Å². The Morgan fingerprint density at radius 2 is 2.50 bits per heavy atom. The molecular formula is C12H19ClN2S. The monoisotopic (exact) mass is 258 g/mol. The van der Waals surface area contributed by atoms with Gasteiger partial charge in [0.2, 0.25) is 0 Å². The minimum atomic E-state index is 0.471. The van der Waals surface area contributed by atoms with Crippen molar-refractivity contribution < 1.29 is 0 Å². The quantitative estimate of drug-likeness (QED) is 0.893. The van der Waals surface area contributed by atoms with Crippen molar-refractivity contribution in [2.75, 3.05) is 19.6 Å². The number of halogens is 1. The molecule has 0 radical (unpaired) electrons. The van der Waals surface area contributed by atoms with E-state index in [0.717, 1.165) is 24.0 Å². The van der Waals surface area contributed by atoms with Crippen LogP contribution >= 0.6 is 22.9 Å². The molecule has 1 aliphatic rings. The van der Waals surface area contributed by atoms with Crippen LogP contribution in [-0.2, 0) is 0 Å². The Morgan fingerprint density at radius 1 is 1.69 bits per heavy atom. The first-order valence-electron chi connectivity index (χ1n) is 5.92. The molecule has 0 aliphatic carbocycles. The molecule has 90 valence electrons. The van der Waals surface area contributed by atoms with Gasteiger partial charge in [0, 0.05) is 18.6 Å². The first-order chi connectivity index (χ1) is 7.72. The number of thiophene rings is 1. The molecule has 1 N–H and O–H groups in total. The van der Waals surface area contributed by atoms with Crippen molar-refractivity contribution in [3.05, 3.63) is 21.3 Å². The van der Waals surface area contributed by atoms with Crippen LogP contribution in [0.5, 0.6) is 0 Å². The van der Waals surface area contributed by atoms with Crippen molar-refractivity contribution in [3.63, 3.8) is 0 Å². The van der Waals surface area contributed by atoms with Crippen LogP contribution in [0.2, 0.25) is 4.34 Å². The summed E-state index contributed by atoms with van der Waals surface area (Å²) in [5.74, 6) is 0. The minimum Gasteiger partial charge on any atom is -0.315 e. The predicted octanol–water partition coefficient (Wildman–Crippen LogP) is 3.15. The number of likely N-dealkylation sites (N-methyl/N-ethyl adjacent to an activating group) is 1. The highest BCUT2D eigenvalue weighted by Crippen LogP contribution is 2.30. The molecule has 1 fully saturated rings. The fraction of sp³-hybridized carbons (Fsp3) is 0.667. The van der Waals surface area contributed by atoms with E-state index < -0.39 is 0 Å². The first kappa shape index (κ1) is 12.4. The summed E-state index contributed by atoms with van der Waals surface area (Å²) in [5, 5.41) is 5.61. The average molecular weight is 259 g/mol. The molecule has 1 aliphatic heterocycles. The van der Waals surface area contributed by atoms with E-state index in [2.05, 4.69) is 35.5 Å². The van der Waals surface area contributed by atoms with E-state index in [1.807, 2.05) is 0 Å². The van der Waals surface area contributed by atoms with Crippen LogP contribution in [0.4, 0.5) is 0 Å². The maximum atomic E-state index is 6.00. The molecule has 0 bridgehead atoms. The summed E-state index contributed by atoms with van der Waals surface area (Å²) in [6, 6.07) is 3.25. The third kappa shape index (κ3) is 2.59. The molecule has 0 spiro atoms. The van der Waals surface area contributed by atoms with Crippen molar-refractivity contribution in [1.82, 2.24) is 10.2 Å². The minimum absolute atomic E-state index is 0.471. The van der Waals surface area contributed by atoms with Gasteiger partial charge in [-0.05, 0) is 43.4 Å². The zero-order valence-electron chi connectivity index (χ0n) is 9.87. The van der Waals surface area contributed by atoms with Gasteiger partial charge in [0.15, 0.2) is 0 Å². The number of rotatable bonds is 4. The van der Waals surface area contributed by atoms with Crippen molar-refractivity contribution in [2.45, 2.75) is 32.4 Å². The topological polar surface area (TPSA) is 15.3 Å². The fourth-order valence-corrected chi connectivity index (χ4v) is 3.48. The average Bonchev–Trinajstić information content (AvgIpc) is 2.90. The fourth-order valence-electron chi connectivity index (χ4n) is 2.50. The molecule has 1 aromatic rings. The Morgan fingerprint density at radius 3 is 3.00 bits per heavy atom. The van der Waals surface area contributed by atoms with E-state index in [9.17, 15) is 0 Å².